The first kappa shape index (κ1) is 14.9. The number of ether oxygens (including phenoxy) is 2. The summed E-state index contributed by atoms with van der Waals surface area (Å²) in [7, 11) is 1.61. The molecule has 1 amide bonds. The zero-order valence-electron chi connectivity index (χ0n) is 13.0. The van der Waals surface area contributed by atoms with Crippen LogP contribution in [-0.4, -0.2) is 30.6 Å². The zero-order valence-corrected chi connectivity index (χ0v) is 13.0. The van der Waals surface area contributed by atoms with Gasteiger partial charge in [0.25, 0.3) is 5.91 Å². The minimum absolute atomic E-state index is 0.123. The summed E-state index contributed by atoms with van der Waals surface area (Å²) in [6, 6.07) is 7.46. The summed E-state index contributed by atoms with van der Waals surface area (Å²) in [6.45, 7) is 1.36. The number of carbonyl (C=O) groups excluding carboxylic acids is 2. The second-order valence-corrected chi connectivity index (χ2v) is 6.03. The Balaban J connectivity index is 1.91. The standard InChI is InChI=1S/C17H21NO4/c1-12(19)22-15-16(20)18(17(15)10-4-3-5-11-17)13-6-8-14(21-2)9-7-13/h6-9,15H,3-5,10-11H2,1-2H3/t15-/m0/s1. The first-order valence-corrected chi connectivity index (χ1v) is 7.74. The number of anilines is 1. The molecule has 22 heavy (non-hydrogen) atoms. The van der Waals surface area contributed by atoms with Gasteiger partial charge in [0.2, 0.25) is 6.10 Å². The fourth-order valence-corrected chi connectivity index (χ4v) is 3.71. The average Bonchev–Trinajstić information content (AvgIpc) is 2.54. The van der Waals surface area contributed by atoms with Crippen molar-refractivity contribution >= 4 is 17.6 Å². The summed E-state index contributed by atoms with van der Waals surface area (Å²) in [6.07, 6.45) is 4.40. The zero-order chi connectivity index (χ0) is 15.7. The molecule has 2 aliphatic rings. The van der Waals surface area contributed by atoms with Gasteiger partial charge < -0.3 is 9.47 Å². The minimum Gasteiger partial charge on any atom is -0.497 e. The second kappa shape index (κ2) is 5.63. The van der Waals surface area contributed by atoms with E-state index < -0.39 is 12.1 Å². The highest BCUT2D eigenvalue weighted by atomic mass is 16.6. The normalized spacial score (nSPS) is 23.1. The van der Waals surface area contributed by atoms with Gasteiger partial charge in [-0.1, -0.05) is 19.3 Å². The number of benzene rings is 1. The van der Waals surface area contributed by atoms with Crippen molar-refractivity contribution < 1.29 is 19.1 Å². The lowest BCUT2D eigenvalue weighted by Gasteiger charge is -2.58. The van der Waals surface area contributed by atoms with Gasteiger partial charge in [0.1, 0.15) is 5.75 Å². The molecule has 0 unspecified atom stereocenters. The Hall–Kier alpha value is -2.04. The van der Waals surface area contributed by atoms with Crippen LogP contribution in [0, 0.1) is 0 Å². The van der Waals surface area contributed by atoms with Crippen LogP contribution < -0.4 is 9.64 Å². The molecule has 1 atom stereocenters. The van der Waals surface area contributed by atoms with E-state index in [1.807, 2.05) is 29.2 Å². The third-order valence-corrected chi connectivity index (χ3v) is 4.71. The first-order valence-electron chi connectivity index (χ1n) is 7.74. The van der Waals surface area contributed by atoms with Crippen molar-refractivity contribution in [3.05, 3.63) is 24.3 Å². The van der Waals surface area contributed by atoms with Gasteiger partial charge in [-0.25, -0.2) is 0 Å². The van der Waals surface area contributed by atoms with E-state index in [2.05, 4.69) is 0 Å². The van der Waals surface area contributed by atoms with Gasteiger partial charge in [0.05, 0.1) is 12.6 Å². The maximum atomic E-state index is 12.5. The van der Waals surface area contributed by atoms with Crippen LogP contribution in [-0.2, 0) is 14.3 Å². The van der Waals surface area contributed by atoms with Gasteiger partial charge in [0, 0.05) is 12.6 Å². The number of rotatable bonds is 3. The minimum atomic E-state index is -0.632. The monoisotopic (exact) mass is 303 g/mol. The third kappa shape index (κ3) is 2.25. The Kier molecular flexibility index (Phi) is 3.81. The molecule has 0 aromatic heterocycles. The van der Waals surface area contributed by atoms with Crippen molar-refractivity contribution in [2.75, 3.05) is 12.0 Å². The van der Waals surface area contributed by atoms with Crippen LogP contribution in [0.3, 0.4) is 0 Å². The fraction of sp³-hybridized carbons (Fsp3) is 0.529. The lowest BCUT2D eigenvalue weighted by atomic mass is 9.69. The molecule has 118 valence electrons. The topological polar surface area (TPSA) is 55.8 Å². The molecule has 5 heteroatoms. The quantitative estimate of drug-likeness (QED) is 0.636. The summed E-state index contributed by atoms with van der Waals surface area (Å²) in [5, 5.41) is 0. The molecule has 2 fully saturated rings. The number of nitrogens with zero attached hydrogens (tertiary/aromatic N) is 1. The lowest BCUT2D eigenvalue weighted by molar-refractivity contribution is -0.168. The number of hydrogen-bond donors (Lipinski definition) is 0. The number of methoxy groups -OCH3 is 1. The van der Waals surface area contributed by atoms with Crippen molar-refractivity contribution in [2.45, 2.75) is 50.7 Å². The molecule has 0 radical (unpaired) electrons. The van der Waals surface area contributed by atoms with E-state index in [1.165, 1.54) is 13.3 Å². The van der Waals surface area contributed by atoms with Gasteiger partial charge in [-0.2, -0.15) is 0 Å². The summed E-state index contributed by atoms with van der Waals surface area (Å²) < 4.78 is 10.5. The largest absolute Gasteiger partial charge is 0.497 e. The third-order valence-electron chi connectivity index (χ3n) is 4.71. The highest BCUT2D eigenvalue weighted by Crippen LogP contribution is 2.48. The van der Waals surface area contributed by atoms with Gasteiger partial charge in [0.15, 0.2) is 0 Å². The van der Waals surface area contributed by atoms with Crippen molar-refractivity contribution in [3.8, 4) is 5.75 Å². The van der Waals surface area contributed by atoms with Crippen LogP contribution in [0.25, 0.3) is 0 Å². The van der Waals surface area contributed by atoms with Gasteiger partial charge in [-0.3, -0.25) is 14.5 Å². The van der Waals surface area contributed by atoms with Crippen LogP contribution in [0.1, 0.15) is 39.0 Å². The summed E-state index contributed by atoms with van der Waals surface area (Å²) in [4.78, 5) is 25.7. The highest BCUT2D eigenvalue weighted by molar-refractivity contribution is 6.07. The number of amides is 1. The Labute approximate surface area is 130 Å². The number of β-lactam (4-membered cyclic amide) rings is 1. The van der Waals surface area contributed by atoms with Crippen LogP contribution >= 0.6 is 0 Å². The van der Waals surface area contributed by atoms with E-state index in [1.54, 1.807) is 7.11 Å². The number of esters is 1. The predicted molar refractivity (Wildman–Crippen MR) is 81.9 cm³/mol. The Bertz CT molecular complexity index is 575. The molecule has 1 aromatic carbocycles. The molecular formula is C17H21NO4. The molecule has 1 saturated carbocycles. The molecule has 0 N–H and O–H groups in total. The van der Waals surface area contributed by atoms with Crippen LogP contribution in [0.15, 0.2) is 24.3 Å². The van der Waals surface area contributed by atoms with Crippen molar-refractivity contribution in [3.63, 3.8) is 0 Å². The SMILES string of the molecule is COc1ccc(N2C(=O)[C@H](OC(C)=O)C23CCCCC3)cc1. The lowest BCUT2D eigenvalue weighted by Crippen LogP contribution is -2.76. The van der Waals surface area contributed by atoms with Crippen molar-refractivity contribution in [1.82, 2.24) is 0 Å². The van der Waals surface area contributed by atoms with Crippen LogP contribution in [0.4, 0.5) is 5.69 Å². The molecule has 1 saturated heterocycles. The van der Waals surface area contributed by atoms with Gasteiger partial charge >= 0.3 is 5.97 Å². The second-order valence-electron chi connectivity index (χ2n) is 6.03. The van der Waals surface area contributed by atoms with E-state index >= 15 is 0 Å². The van der Waals surface area contributed by atoms with Gasteiger partial charge in [-0.05, 0) is 37.1 Å². The van der Waals surface area contributed by atoms with E-state index in [-0.39, 0.29) is 11.4 Å². The summed E-state index contributed by atoms with van der Waals surface area (Å²) >= 11 is 0. The van der Waals surface area contributed by atoms with E-state index in [4.69, 9.17) is 9.47 Å². The summed E-state index contributed by atoms with van der Waals surface area (Å²) in [5.41, 5.74) is 0.478. The molecular weight excluding hydrogens is 282 g/mol. The predicted octanol–water partition coefficient (Wildman–Crippen LogP) is 2.68. The number of hydrogen-bond acceptors (Lipinski definition) is 4. The first-order chi connectivity index (χ1) is 10.6. The van der Waals surface area contributed by atoms with Crippen LogP contribution in [0.2, 0.25) is 0 Å². The molecule has 1 spiro atoms. The van der Waals surface area contributed by atoms with Crippen molar-refractivity contribution in [2.24, 2.45) is 0 Å². The maximum absolute atomic E-state index is 12.5. The fourth-order valence-electron chi connectivity index (χ4n) is 3.71. The Morgan fingerprint density at radius 3 is 2.36 bits per heavy atom. The molecule has 0 bridgehead atoms. The van der Waals surface area contributed by atoms with E-state index in [0.29, 0.717) is 0 Å². The Morgan fingerprint density at radius 2 is 1.82 bits per heavy atom. The average molecular weight is 303 g/mol. The van der Waals surface area contributed by atoms with E-state index in [9.17, 15) is 9.59 Å². The summed E-state index contributed by atoms with van der Waals surface area (Å²) in [5.74, 6) is 0.242. The number of carbonyl (C=O) groups is 2. The molecule has 3 rings (SSSR count). The van der Waals surface area contributed by atoms with Crippen molar-refractivity contribution in [1.29, 1.82) is 0 Å². The molecule has 1 aliphatic carbocycles. The molecule has 1 aliphatic heterocycles. The maximum Gasteiger partial charge on any atom is 0.303 e. The smallest absolute Gasteiger partial charge is 0.303 e. The molecule has 1 heterocycles. The highest BCUT2D eigenvalue weighted by Gasteiger charge is 2.62. The Morgan fingerprint density at radius 1 is 1.18 bits per heavy atom. The van der Waals surface area contributed by atoms with E-state index in [0.717, 1.165) is 37.1 Å². The van der Waals surface area contributed by atoms with Crippen LogP contribution in [0.5, 0.6) is 5.75 Å². The molecule has 1 aromatic rings. The molecule has 5 nitrogen and oxygen atoms in total. The van der Waals surface area contributed by atoms with Gasteiger partial charge in [-0.15, -0.1) is 0 Å².